The molecular weight excluding hydrogens is 328 g/mol. The van der Waals surface area contributed by atoms with Crippen LogP contribution in [0.15, 0.2) is 48.5 Å². The number of benzene rings is 2. The first-order valence-corrected chi connectivity index (χ1v) is 8.87. The number of aromatic nitrogens is 1. The van der Waals surface area contributed by atoms with Crippen LogP contribution < -0.4 is 10.1 Å². The number of carbonyl (C=O) groups is 1. The molecule has 5 heteroatoms. The van der Waals surface area contributed by atoms with Gasteiger partial charge < -0.3 is 19.8 Å². The van der Waals surface area contributed by atoms with Crippen LogP contribution in [0.25, 0.3) is 10.9 Å². The molecule has 0 saturated heterocycles. The van der Waals surface area contributed by atoms with Crippen molar-refractivity contribution in [3.63, 3.8) is 0 Å². The van der Waals surface area contributed by atoms with E-state index in [0.717, 1.165) is 36.1 Å². The molecule has 1 atom stereocenters. The van der Waals surface area contributed by atoms with E-state index < -0.39 is 0 Å². The molecule has 0 bridgehead atoms. The molecule has 2 aromatic carbocycles. The van der Waals surface area contributed by atoms with Crippen LogP contribution in [0.2, 0.25) is 0 Å². The molecule has 134 valence electrons. The summed E-state index contributed by atoms with van der Waals surface area (Å²) in [4.78, 5) is 15.6. The minimum absolute atomic E-state index is 0.0796. The first kappa shape index (κ1) is 16.5. The quantitative estimate of drug-likeness (QED) is 0.749. The van der Waals surface area contributed by atoms with Crippen molar-refractivity contribution in [2.24, 2.45) is 0 Å². The summed E-state index contributed by atoms with van der Waals surface area (Å²) >= 11 is 0. The zero-order valence-electron chi connectivity index (χ0n) is 14.7. The Kier molecular flexibility index (Phi) is 4.52. The zero-order valence-corrected chi connectivity index (χ0v) is 14.7. The fourth-order valence-electron chi connectivity index (χ4n) is 3.58. The van der Waals surface area contributed by atoms with Crippen LogP contribution in [0.1, 0.15) is 23.2 Å². The fraction of sp³-hybridized carbons (Fsp3) is 0.286. The van der Waals surface area contributed by atoms with Gasteiger partial charge in [0.1, 0.15) is 12.4 Å². The van der Waals surface area contributed by atoms with Crippen molar-refractivity contribution < 1.29 is 14.3 Å². The van der Waals surface area contributed by atoms with Crippen molar-refractivity contribution in [2.45, 2.75) is 31.9 Å². The average Bonchev–Trinajstić information content (AvgIpc) is 3.04. The predicted molar refractivity (Wildman–Crippen MR) is 100 cm³/mol. The third-order valence-electron chi connectivity index (χ3n) is 4.93. The van der Waals surface area contributed by atoms with Crippen molar-refractivity contribution in [1.82, 2.24) is 10.3 Å². The van der Waals surface area contributed by atoms with Crippen LogP contribution in [0, 0.1) is 0 Å². The van der Waals surface area contributed by atoms with Crippen molar-refractivity contribution in [1.29, 1.82) is 0 Å². The highest BCUT2D eigenvalue weighted by Gasteiger charge is 2.24. The number of ether oxygens (including phenoxy) is 2. The normalized spacial score (nSPS) is 16.1. The molecular formula is C21H22N2O3. The van der Waals surface area contributed by atoms with Gasteiger partial charge in [0, 0.05) is 22.6 Å². The summed E-state index contributed by atoms with van der Waals surface area (Å²) in [6.45, 7) is 0.287. The van der Waals surface area contributed by atoms with Gasteiger partial charge in [-0.25, -0.2) is 4.79 Å². The monoisotopic (exact) mass is 350 g/mol. The van der Waals surface area contributed by atoms with Gasteiger partial charge in [-0.3, -0.25) is 0 Å². The molecule has 0 fully saturated rings. The lowest BCUT2D eigenvalue weighted by molar-refractivity contribution is 0.134. The molecule has 1 aliphatic rings. The highest BCUT2D eigenvalue weighted by atomic mass is 16.5. The molecule has 26 heavy (non-hydrogen) atoms. The lowest BCUT2D eigenvalue weighted by Crippen LogP contribution is -2.39. The first-order chi connectivity index (χ1) is 12.7. The highest BCUT2D eigenvalue weighted by molar-refractivity contribution is 5.86. The van der Waals surface area contributed by atoms with Gasteiger partial charge in [0.05, 0.1) is 7.11 Å². The molecule has 1 heterocycles. The van der Waals surface area contributed by atoms with E-state index in [2.05, 4.69) is 16.4 Å². The number of alkyl carbamates (subject to hydrolysis) is 1. The Morgan fingerprint density at radius 2 is 2.08 bits per heavy atom. The number of methoxy groups -OCH3 is 1. The van der Waals surface area contributed by atoms with Crippen molar-refractivity contribution in [3.05, 3.63) is 65.4 Å². The number of nitrogens with one attached hydrogen (secondary N) is 2. The second-order valence-corrected chi connectivity index (χ2v) is 6.64. The molecule has 1 aliphatic carbocycles. The van der Waals surface area contributed by atoms with Crippen LogP contribution in [0.3, 0.4) is 0 Å². The largest absolute Gasteiger partial charge is 0.497 e. The third kappa shape index (κ3) is 3.38. The Bertz CT molecular complexity index is 918. The minimum Gasteiger partial charge on any atom is -0.497 e. The van der Waals surface area contributed by atoms with Crippen LogP contribution in [0.4, 0.5) is 4.79 Å². The Morgan fingerprint density at radius 1 is 1.23 bits per heavy atom. The number of H-pyrrole nitrogens is 1. The molecule has 1 aromatic heterocycles. The SMILES string of the molecule is COc1ccc2[nH]c3c(c2c1)CC(NC(=O)OCc1ccccc1)CC3. The van der Waals surface area contributed by atoms with Crippen molar-refractivity contribution in [3.8, 4) is 5.75 Å². The fourth-order valence-corrected chi connectivity index (χ4v) is 3.58. The van der Waals surface area contributed by atoms with Gasteiger partial charge in [-0.15, -0.1) is 0 Å². The summed E-state index contributed by atoms with van der Waals surface area (Å²) in [7, 11) is 1.67. The van der Waals surface area contributed by atoms with E-state index >= 15 is 0 Å². The molecule has 0 aliphatic heterocycles. The number of hydrogen-bond donors (Lipinski definition) is 2. The van der Waals surface area contributed by atoms with E-state index in [1.807, 2.05) is 42.5 Å². The maximum Gasteiger partial charge on any atom is 0.407 e. The van der Waals surface area contributed by atoms with Crippen LogP contribution in [-0.2, 0) is 24.2 Å². The summed E-state index contributed by atoms with van der Waals surface area (Å²) in [5, 5.41) is 4.18. The lowest BCUT2D eigenvalue weighted by Gasteiger charge is -2.23. The van der Waals surface area contributed by atoms with Gasteiger partial charge in [-0.1, -0.05) is 30.3 Å². The van der Waals surface area contributed by atoms with E-state index in [0.29, 0.717) is 0 Å². The number of rotatable bonds is 4. The summed E-state index contributed by atoms with van der Waals surface area (Å²) in [6, 6.07) is 15.8. The first-order valence-electron chi connectivity index (χ1n) is 8.87. The van der Waals surface area contributed by atoms with E-state index in [4.69, 9.17) is 9.47 Å². The Hall–Kier alpha value is -2.95. The molecule has 5 nitrogen and oxygen atoms in total. The second-order valence-electron chi connectivity index (χ2n) is 6.64. The van der Waals surface area contributed by atoms with Gasteiger partial charge in [0.25, 0.3) is 0 Å². The molecule has 0 spiro atoms. The smallest absolute Gasteiger partial charge is 0.407 e. The topological polar surface area (TPSA) is 63.3 Å². The van der Waals surface area contributed by atoms with Gasteiger partial charge in [-0.2, -0.15) is 0 Å². The number of fused-ring (bicyclic) bond motifs is 3. The Labute approximate surface area is 152 Å². The number of aromatic amines is 1. The van der Waals surface area contributed by atoms with E-state index in [-0.39, 0.29) is 18.7 Å². The number of amides is 1. The lowest BCUT2D eigenvalue weighted by atomic mass is 9.91. The summed E-state index contributed by atoms with van der Waals surface area (Å²) in [6.07, 6.45) is 2.25. The second kappa shape index (κ2) is 7.12. The van der Waals surface area contributed by atoms with Crippen LogP contribution in [0.5, 0.6) is 5.75 Å². The van der Waals surface area contributed by atoms with Crippen molar-refractivity contribution in [2.75, 3.05) is 7.11 Å². The highest BCUT2D eigenvalue weighted by Crippen LogP contribution is 2.31. The molecule has 0 radical (unpaired) electrons. The third-order valence-corrected chi connectivity index (χ3v) is 4.93. The van der Waals surface area contributed by atoms with Gasteiger partial charge >= 0.3 is 6.09 Å². The Balaban J connectivity index is 1.42. The van der Waals surface area contributed by atoms with Gasteiger partial charge in [-0.05, 0) is 48.6 Å². The summed E-state index contributed by atoms with van der Waals surface area (Å²) < 4.78 is 10.7. The maximum atomic E-state index is 12.1. The molecule has 3 aromatic rings. The standard InChI is InChI=1S/C21H22N2O3/c1-25-16-8-10-20-18(12-16)17-11-15(7-9-19(17)23-20)22-21(24)26-13-14-5-3-2-4-6-14/h2-6,8,10,12,15,23H,7,9,11,13H2,1H3,(H,22,24). The van der Waals surface area contributed by atoms with Gasteiger partial charge in [0.2, 0.25) is 0 Å². The molecule has 0 saturated carbocycles. The number of aryl methyl sites for hydroxylation is 1. The maximum absolute atomic E-state index is 12.1. The average molecular weight is 350 g/mol. The molecule has 1 unspecified atom stereocenters. The van der Waals surface area contributed by atoms with E-state index in [1.54, 1.807) is 7.11 Å². The van der Waals surface area contributed by atoms with Crippen LogP contribution in [-0.4, -0.2) is 24.2 Å². The van der Waals surface area contributed by atoms with E-state index in [1.165, 1.54) is 16.6 Å². The Morgan fingerprint density at radius 3 is 2.88 bits per heavy atom. The number of hydrogen-bond acceptors (Lipinski definition) is 3. The van der Waals surface area contributed by atoms with Crippen LogP contribution >= 0.6 is 0 Å². The summed E-state index contributed by atoms with van der Waals surface area (Å²) in [5.41, 5.74) is 4.61. The number of carbonyl (C=O) groups excluding carboxylic acids is 1. The summed E-state index contributed by atoms with van der Waals surface area (Å²) in [5.74, 6) is 0.844. The van der Waals surface area contributed by atoms with Crippen molar-refractivity contribution >= 4 is 17.0 Å². The zero-order chi connectivity index (χ0) is 17.9. The molecule has 4 rings (SSSR count). The molecule has 1 amide bonds. The van der Waals surface area contributed by atoms with Gasteiger partial charge in [0.15, 0.2) is 0 Å². The van der Waals surface area contributed by atoms with E-state index in [9.17, 15) is 4.79 Å². The minimum atomic E-state index is -0.361. The predicted octanol–water partition coefficient (Wildman–Crippen LogP) is 3.96. The molecule has 2 N–H and O–H groups in total.